The molecule has 0 fully saturated rings. The molecule has 2 heterocycles. The van der Waals surface area contributed by atoms with E-state index in [1.807, 2.05) is 0 Å². The molecule has 0 unspecified atom stereocenters. The number of H-pyrrole nitrogens is 1. The number of hydrogen-bond donors (Lipinski definition) is 4. The summed E-state index contributed by atoms with van der Waals surface area (Å²) in [6.45, 7) is -0.250. The molecular formula is C7H11N5O2. The molecule has 0 saturated carbocycles. The Morgan fingerprint density at radius 2 is 1.93 bits per heavy atom. The Morgan fingerprint density at radius 1 is 1.21 bits per heavy atom. The summed E-state index contributed by atoms with van der Waals surface area (Å²) in [7, 11) is 0. The van der Waals surface area contributed by atoms with Gasteiger partial charge in [0.1, 0.15) is 11.8 Å². The second-order valence-corrected chi connectivity index (χ2v) is 2.31. The number of fused-ring (bicyclic) bond motifs is 1. The standard InChI is InChI=1S/C5H5N5.C2H6O2/c6-4-3-5(9-1-7-3)10-2-8-4;3-1-2-4/h1-2H,(H3,6,7,8,9,10);3-4H,1-2H2. The lowest BCUT2D eigenvalue weighted by atomic mass is 10.5. The summed E-state index contributed by atoms with van der Waals surface area (Å²) < 4.78 is 0. The summed E-state index contributed by atoms with van der Waals surface area (Å²) in [6, 6.07) is 0. The van der Waals surface area contributed by atoms with E-state index in [-0.39, 0.29) is 13.2 Å². The highest BCUT2D eigenvalue weighted by atomic mass is 16.3. The zero-order valence-electron chi connectivity index (χ0n) is 7.38. The van der Waals surface area contributed by atoms with E-state index in [4.69, 9.17) is 15.9 Å². The van der Waals surface area contributed by atoms with E-state index in [2.05, 4.69) is 19.9 Å². The average Bonchev–Trinajstić information content (AvgIpc) is 2.68. The van der Waals surface area contributed by atoms with Gasteiger partial charge >= 0.3 is 0 Å². The predicted molar refractivity (Wildman–Crippen MR) is 50.3 cm³/mol. The fraction of sp³-hybridized carbons (Fsp3) is 0.286. The lowest BCUT2D eigenvalue weighted by molar-refractivity contribution is 0.186. The van der Waals surface area contributed by atoms with Gasteiger partial charge in [0.15, 0.2) is 11.5 Å². The maximum atomic E-state index is 7.62. The van der Waals surface area contributed by atoms with E-state index in [1.165, 1.54) is 12.7 Å². The van der Waals surface area contributed by atoms with Crippen LogP contribution in [0.25, 0.3) is 11.2 Å². The van der Waals surface area contributed by atoms with Gasteiger partial charge in [0.05, 0.1) is 19.5 Å². The van der Waals surface area contributed by atoms with Gasteiger partial charge < -0.3 is 20.9 Å². The number of aliphatic hydroxyl groups is 2. The maximum absolute atomic E-state index is 7.62. The van der Waals surface area contributed by atoms with Crippen molar-refractivity contribution in [1.82, 2.24) is 19.9 Å². The van der Waals surface area contributed by atoms with Gasteiger partial charge in [0, 0.05) is 0 Å². The molecule has 0 saturated heterocycles. The van der Waals surface area contributed by atoms with Crippen LogP contribution in [0.2, 0.25) is 0 Å². The minimum Gasteiger partial charge on any atom is -0.394 e. The third-order valence-corrected chi connectivity index (χ3v) is 1.35. The number of nitrogens with one attached hydrogen (secondary N) is 1. The number of aliphatic hydroxyl groups excluding tert-OH is 2. The van der Waals surface area contributed by atoms with E-state index in [9.17, 15) is 0 Å². The SMILES string of the molecule is Nc1ncnc2nc[nH]c12.OCCO. The lowest BCUT2D eigenvalue weighted by Gasteiger charge is -1.89. The predicted octanol–water partition coefficient (Wildman–Crippen LogP) is -1.09. The summed E-state index contributed by atoms with van der Waals surface area (Å²) in [5.41, 5.74) is 6.78. The minimum atomic E-state index is -0.125. The number of nitrogens with zero attached hydrogens (tertiary/aromatic N) is 3. The Morgan fingerprint density at radius 3 is 2.50 bits per heavy atom. The zero-order chi connectivity index (χ0) is 10.4. The van der Waals surface area contributed by atoms with E-state index < -0.39 is 0 Å². The highest BCUT2D eigenvalue weighted by Gasteiger charge is 1.99. The van der Waals surface area contributed by atoms with Crippen LogP contribution >= 0.6 is 0 Å². The van der Waals surface area contributed by atoms with Gasteiger partial charge in [-0.1, -0.05) is 0 Å². The third kappa shape index (κ3) is 2.38. The van der Waals surface area contributed by atoms with Crippen molar-refractivity contribution in [2.24, 2.45) is 0 Å². The molecule has 0 aliphatic rings. The molecule has 5 N–H and O–H groups in total. The molecule has 7 heteroatoms. The first-order valence-corrected chi connectivity index (χ1v) is 3.91. The molecule has 2 aromatic rings. The molecular weight excluding hydrogens is 186 g/mol. The number of anilines is 1. The summed E-state index contributed by atoms with van der Waals surface area (Å²) in [5.74, 6) is 0.433. The fourth-order valence-electron chi connectivity index (χ4n) is 0.784. The first-order chi connectivity index (χ1) is 6.79. The van der Waals surface area contributed by atoms with Crippen LogP contribution in [-0.4, -0.2) is 43.4 Å². The Kier molecular flexibility index (Phi) is 3.77. The Labute approximate surface area is 79.6 Å². The molecule has 7 nitrogen and oxygen atoms in total. The molecule has 0 aliphatic carbocycles. The summed E-state index contributed by atoms with van der Waals surface area (Å²) >= 11 is 0. The van der Waals surface area contributed by atoms with Crippen molar-refractivity contribution >= 4 is 17.0 Å². The van der Waals surface area contributed by atoms with Crippen LogP contribution in [0.15, 0.2) is 12.7 Å². The third-order valence-electron chi connectivity index (χ3n) is 1.35. The van der Waals surface area contributed by atoms with Crippen LogP contribution in [0.3, 0.4) is 0 Å². The lowest BCUT2D eigenvalue weighted by Crippen LogP contribution is -1.91. The summed E-state index contributed by atoms with van der Waals surface area (Å²) in [6.07, 6.45) is 2.92. The van der Waals surface area contributed by atoms with E-state index in [0.717, 1.165) is 0 Å². The smallest absolute Gasteiger partial charge is 0.182 e. The van der Waals surface area contributed by atoms with Gasteiger partial charge in [0.25, 0.3) is 0 Å². The second kappa shape index (κ2) is 5.10. The van der Waals surface area contributed by atoms with Gasteiger partial charge in [-0.3, -0.25) is 0 Å². The van der Waals surface area contributed by atoms with E-state index >= 15 is 0 Å². The quantitative estimate of drug-likeness (QED) is 0.460. The number of nitrogen functional groups attached to an aromatic ring is 1. The number of aromatic nitrogens is 4. The Hall–Kier alpha value is -1.73. The Balaban J connectivity index is 0.000000213. The van der Waals surface area contributed by atoms with Crippen molar-refractivity contribution in [2.75, 3.05) is 18.9 Å². The van der Waals surface area contributed by atoms with E-state index in [0.29, 0.717) is 17.0 Å². The van der Waals surface area contributed by atoms with Crippen molar-refractivity contribution in [3.63, 3.8) is 0 Å². The summed E-state index contributed by atoms with van der Waals surface area (Å²) in [4.78, 5) is 14.4. The van der Waals surface area contributed by atoms with Gasteiger partial charge in [0.2, 0.25) is 0 Å². The average molecular weight is 197 g/mol. The number of aromatic amines is 1. The number of rotatable bonds is 1. The van der Waals surface area contributed by atoms with E-state index in [1.54, 1.807) is 0 Å². The monoisotopic (exact) mass is 197 g/mol. The molecule has 0 aromatic carbocycles. The molecule has 0 aliphatic heterocycles. The van der Waals surface area contributed by atoms with Crippen LogP contribution < -0.4 is 5.73 Å². The van der Waals surface area contributed by atoms with Crippen LogP contribution in [0.5, 0.6) is 0 Å². The zero-order valence-corrected chi connectivity index (χ0v) is 7.38. The van der Waals surface area contributed by atoms with Crippen molar-refractivity contribution in [1.29, 1.82) is 0 Å². The second-order valence-electron chi connectivity index (χ2n) is 2.31. The molecule has 2 aromatic heterocycles. The molecule has 0 amide bonds. The minimum absolute atomic E-state index is 0.125. The molecule has 0 bridgehead atoms. The van der Waals surface area contributed by atoms with Crippen LogP contribution in [0.1, 0.15) is 0 Å². The number of imidazole rings is 1. The van der Waals surface area contributed by atoms with Crippen molar-refractivity contribution in [2.45, 2.75) is 0 Å². The fourth-order valence-corrected chi connectivity index (χ4v) is 0.784. The van der Waals surface area contributed by atoms with Crippen LogP contribution in [-0.2, 0) is 0 Å². The van der Waals surface area contributed by atoms with Gasteiger partial charge in [-0.15, -0.1) is 0 Å². The molecule has 14 heavy (non-hydrogen) atoms. The normalized spacial score (nSPS) is 9.57. The molecule has 0 spiro atoms. The Bertz CT molecular complexity index is 386. The maximum Gasteiger partial charge on any atom is 0.182 e. The number of nitrogens with two attached hydrogens (primary N) is 1. The largest absolute Gasteiger partial charge is 0.394 e. The first kappa shape index (κ1) is 10.4. The van der Waals surface area contributed by atoms with Crippen LogP contribution in [0, 0.1) is 0 Å². The summed E-state index contributed by atoms with van der Waals surface area (Å²) in [5, 5.41) is 15.2. The molecule has 2 rings (SSSR count). The highest BCUT2D eigenvalue weighted by Crippen LogP contribution is 2.09. The topological polar surface area (TPSA) is 121 Å². The molecule has 0 radical (unpaired) electrons. The molecule has 0 atom stereocenters. The van der Waals surface area contributed by atoms with Gasteiger partial charge in [-0.2, -0.15) is 0 Å². The highest BCUT2D eigenvalue weighted by molar-refractivity contribution is 5.80. The van der Waals surface area contributed by atoms with Crippen molar-refractivity contribution in [3.8, 4) is 0 Å². The number of hydrogen-bond acceptors (Lipinski definition) is 6. The van der Waals surface area contributed by atoms with Gasteiger partial charge in [-0.05, 0) is 0 Å². The van der Waals surface area contributed by atoms with Crippen LogP contribution in [0.4, 0.5) is 5.82 Å². The van der Waals surface area contributed by atoms with Crippen molar-refractivity contribution < 1.29 is 10.2 Å². The van der Waals surface area contributed by atoms with Gasteiger partial charge in [-0.25, -0.2) is 15.0 Å². The molecule has 76 valence electrons. The van der Waals surface area contributed by atoms with Crippen molar-refractivity contribution in [3.05, 3.63) is 12.7 Å². The first-order valence-electron chi connectivity index (χ1n) is 3.91.